The van der Waals surface area contributed by atoms with Gasteiger partial charge in [0, 0.05) is 17.2 Å². The zero-order valence-corrected chi connectivity index (χ0v) is 19.9. The Morgan fingerprint density at radius 1 is 0.938 bits per heavy atom. The van der Waals surface area contributed by atoms with E-state index in [4.69, 9.17) is 15.4 Å². The molecule has 1 aliphatic heterocycles. The molecule has 1 saturated heterocycles. The summed E-state index contributed by atoms with van der Waals surface area (Å²) in [5.41, 5.74) is 2.52. The van der Waals surface area contributed by atoms with Gasteiger partial charge in [-0.25, -0.2) is 0 Å². The van der Waals surface area contributed by atoms with Gasteiger partial charge in [0.1, 0.15) is 12.1 Å². The second-order valence-electron chi connectivity index (χ2n) is 8.38. The van der Waals surface area contributed by atoms with E-state index in [-0.39, 0.29) is 12.6 Å². The van der Waals surface area contributed by atoms with Gasteiger partial charge in [0.2, 0.25) is 0 Å². The maximum absolute atomic E-state index is 12.9. The molecule has 0 spiro atoms. The summed E-state index contributed by atoms with van der Waals surface area (Å²) in [5.74, 6) is -0.474. The van der Waals surface area contributed by atoms with Crippen molar-refractivity contribution in [1.82, 2.24) is 4.31 Å². The molecule has 0 bridgehead atoms. The van der Waals surface area contributed by atoms with Crippen LogP contribution in [0.25, 0.3) is 0 Å². The number of carbonyl (C=O) groups excluding carboxylic acids is 1. The fourth-order valence-electron chi connectivity index (χ4n) is 4.26. The third kappa shape index (κ3) is 7.91. The first-order valence-electron chi connectivity index (χ1n) is 11.4. The van der Waals surface area contributed by atoms with Crippen molar-refractivity contribution in [3.8, 4) is 0 Å². The molecule has 5 nitrogen and oxygen atoms in total. The highest BCUT2D eigenvalue weighted by Gasteiger charge is 2.37. The van der Waals surface area contributed by atoms with Gasteiger partial charge < -0.3 is 4.74 Å². The van der Waals surface area contributed by atoms with Crippen LogP contribution in [0.1, 0.15) is 56.1 Å². The minimum absolute atomic E-state index is 0.239. The molecule has 0 radical (unpaired) electrons. The summed E-state index contributed by atoms with van der Waals surface area (Å²) in [6, 6.07) is 19.7. The van der Waals surface area contributed by atoms with Gasteiger partial charge in [-0.3, -0.25) is 4.79 Å². The Kier molecular flexibility index (Phi) is 9.57. The van der Waals surface area contributed by atoms with E-state index >= 15 is 0 Å². The summed E-state index contributed by atoms with van der Waals surface area (Å²) in [6.45, 7) is 0.262. The average Bonchev–Trinajstić information content (AvgIpc) is 2.80. The molecule has 174 valence electrons. The van der Waals surface area contributed by atoms with Gasteiger partial charge in [-0.05, 0) is 68.9 Å². The molecule has 7 heteroatoms. The molecule has 0 saturated carbocycles. The van der Waals surface area contributed by atoms with Crippen LogP contribution in [0.15, 0.2) is 60.7 Å². The first kappa shape index (κ1) is 24.7. The summed E-state index contributed by atoms with van der Waals surface area (Å²) in [5, 5.41) is 0. The standard InChI is InChI=1S/C25H32ClNO4S/c26-32(29,30)27-20-8-7-19-24(27)25(28)31-23(17-9-15-21-11-3-1-4-12-21)18-10-16-22-13-5-2-6-14-22/h1-6,11-14,23-24H,7-10,15-20H2. The lowest BCUT2D eigenvalue weighted by Gasteiger charge is -2.32. The number of carbonyl (C=O) groups is 1. The molecular weight excluding hydrogens is 446 g/mol. The Balaban J connectivity index is 1.59. The van der Waals surface area contributed by atoms with Crippen LogP contribution in [0.5, 0.6) is 0 Å². The molecular formula is C25H32ClNO4S. The van der Waals surface area contributed by atoms with E-state index in [1.165, 1.54) is 11.1 Å². The molecule has 0 aliphatic carbocycles. The highest BCUT2D eigenvalue weighted by atomic mass is 35.7. The highest BCUT2D eigenvalue weighted by Crippen LogP contribution is 2.25. The molecule has 32 heavy (non-hydrogen) atoms. The summed E-state index contributed by atoms with van der Waals surface area (Å²) in [4.78, 5) is 12.9. The molecule has 2 aromatic rings. The maximum Gasteiger partial charge on any atom is 0.324 e. The zero-order chi connectivity index (χ0) is 22.8. The van der Waals surface area contributed by atoms with Gasteiger partial charge >= 0.3 is 15.2 Å². The molecule has 0 N–H and O–H groups in total. The molecule has 1 atom stereocenters. The van der Waals surface area contributed by atoms with Crippen molar-refractivity contribution in [3.05, 3.63) is 71.8 Å². The van der Waals surface area contributed by atoms with Gasteiger partial charge in [0.25, 0.3) is 0 Å². The van der Waals surface area contributed by atoms with Crippen LogP contribution < -0.4 is 0 Å². The molecule has 1 unspecified atom stereocenters. The predicted molar refractivity (Wildman–Crippen MR) is 128 cm³/mol. The quantitative estimate of drug-likeness (QED) is 0.326. The largest absolute Gasteiger partial charge is 0.461 e. The van der Waals surface area contributed by atoms with Crippen LogP contribution in [0.2, 0.25) is 0 Å². The van der Waals surface area contributed by atoms with Crippen molar-refractivity contribution in [2.45, 2.75) is 69.9 Å². The van der Waals surface area contributed by atoms with E-state index in [2.05, 4.69) is 24.3 Å². The van der Waals surface area contributed by atoms with Crippen LogP contribution in [0, 0.1) is 0 Å². The lowest BCUT2D eigenvalue weighted by molar-refractivity contribution is -0.155. The van der Waals surface area contributed by atoms with Crippen LogP contribution in [0.4, 0.5) is 0 Å². The van der Waals surface area contributed by atoms with Crippen molar-refractivity contribution >= 4 is 25.9 Å². The number of aryl methyl sites for hydroxylation is 2. The molecule has 1 heterocycles. The number of ether oxygens (including phenoxy) is 1. The monoisotopic (exact) mass is 477 g/mol. The number of piperidine rings is 1. The predicted octanol–water partition coefficient (Wildman–Crippen LogP) is 5.28. The van der Waals surface area contributed by atoms with Crippen LogP contribution >= 0.6 is 10.7 Å². The second-order valence-corrected chi connectivity index (χ2v) is 10.8. The number of hydrogen-bond donors (Lipinski definition) is 0. The molecule has 3 rings (SSSR count). The Morgan fingerprint density at radius 2 is 1.47 bits per heavy atom. The summed E-state index contributed by atoms with van der Waals surface area (Å²) in [6.07, 6.45) is 6.82. The van der Waals surface area contributed by atoms with E-state index in [0.29, 0.717) is 12.8 Å². The smallest absolute Gasteiger partial charge is 0.324 e. The van der Waals surface area contributed by atoms with Gasteiger partial charge in [-0.1, -0.05) is 60.7 Å². The lowest BCUT2D eigenvalue weighted by atomic mass is 10.0. The number of hydrogen-bond acceptors (Lipinski definition) is 4. The maximum atomic E-state index is 12.9. The molecule has 0 amide bonds. The second kappa shape index (κ2) is 12.4. The van der Waals surface area contributed by atoms with Crippen molar-refractivity contribution in [2.75, 3.05) is 6.54 Å². The lowest BCUT2D eigenvalue weighted by Crippen LogP contribution is -2.47. The minimum atomic E-state index is -3.96. The van der Waals surface area contributed by atoms with Gasteiger partial charge in [0.05, 0.1) is 0 Å². The number of benzene rings is 2. The van der Waals surface area contributed by atoms with E-state index < -0.39 is 21.2 Å². The van der Waals surface area contributed by atoms with Crippen molar-refractivity contribution in [2.24, 2.45) is 0 Å². The van der Waals surface area contributed by atoms with Gasteiger partial charge in [-0.2, -0.15) is 12.7 Å². The molecule has 2 aromatic carbocycles. The van der Waals surface area contributed by atoms with Crippen LogP contribution in [-0.2, 0) is 31.6 Å². The normalized spacial score (nSPS) is 17.4. The Morgan fingerprint density at radius 3 is 1.97 bits per heavy atom. The first-order valence-corrected chi connectivity index (χ1v) is 13.7. The Labute approximate surface area is 196 Å². The third-order valence-corrected chi connectivity index (χ3v) is 7.49. The van der Waals surface area contributed by atoms with Gasteiger partial charge in [0.15, 0.2) is 0 Å². The van der Waals surface area contributed by atoms with Crippen LogP contribution in [-0.4, -0.2) is 37.4 Å². The first-order chi connectivity index (χ1) is 15.4. The number of halogens is 1. The van der Waals surface area contributed by atoms with Gasteiger partial charge in [-0.15, -0.1) is 0 Å². The number of rotatable bonds is 11. The molecule has 1 fully saturated rings. The molecule has 1 aliphatic rings. The SMILES string of the molecule is O=C(OC(CCCc1ccccc1)CCCc1ccccc1)C1CCCCN1S(=O)(=O)Cl. The summed E-state index contributed by atoms with van der Waals surface area (Å²) in [7, 11) is 1.62. The van der Waals surface area contributed by atoms with E-state index in [1.54, 1.807) is 0 Å². The van der Waals surface area contributed by atoms with E-state index in [0.717, 1.165) is 49.3 Å². The Hall–Kier alpha value is -1.89. The average molecular weight is 478 g/mol. The van der Waals surface area contributed by atoms with Crippen molar-refractivity contribution < 1.29 is 17.9 Å². The fourth-order valence-corrected chi connectivity index (χ4v) is 5.60. The van der Waals surface area contributed by atoms with Crippen LogP contribution in [0.3, 0.4) is 0 Å². The number of esters is 1. The zero-order valence-electron chi connectivity index (χ0n) is 18.4. The highest BCUT2D eigenvalue weighted by molar-refractivity contribution is 8.11. The fraction of sp³-hybridized carbons (Fsp3) is 0.480. The third-order valence-electron chi connectivity index (χ3n) is 5.96. The summed E-state index contributed by atoms with van der Waals surface area (Å²) >= 11 is 0. The Bertz CT molecular complexity index is 891. The van der Waals surface area contributed by atoms with Crippen molar-refractivity contribution in [3.63, 3.8) is 0 Å². The summed E-state index contributed by atoms with van der Waals surface area (Å²) < 4.78 is 30.8. The molecule has 0 aromatic heterocycles. The van der Waals surface area contributed by atoms with Crippen molar-refractivity contribution in [1.29, 1.82) is 0 Å². The minimum Gasteiger partial charge on any atom is -0.461 e. The van der Waals surface area contributed by atoms with E-state index in [1.807, 2.05) is 36.4 Å². The van der Waals surface area contributed by atoms with E-state index in [9.17, 15) is 13.2 Å². The number of nitrogens with zero attached hydrogens (tertiary/aromatic N) is 1. The topological polar surface area (TPSA) is 63.7 Å².